The summed E-state index contributed by atoms with van der Waals surface area (Å²) in [6, 6.07) is 1.95. The Hall–Kier alpha value is -2.05. The van der Waals surface area contributed by atoms with E-state index in [0.717, 1.165) is 44.5 Å². The van der Waals surface area contributed by atoms with Crippen LogP contribution in [0.4, 0.5) is 4.79 Å². The maximum Gasteiger partial charge on any atom is 0.319 e. The quantitative estimate of drug-likeness (QED) is 0.906. The van der Waals surface area contributed by atoms with Crippen LogP contribution < -0.4 is 5.32 Å². The normalized spacial score (nSPS) is 19.1. The van der Waals surface area contributed by atoms with Gasteiger partial charge in [0.05, 0.1) is 5.69 Å². The van der Waals surface area contributed by atoms with Crippen molar-refractivity contribution in [2.24, 2.45) is 5.92 Å². The summed E-state index contributed by atoms with van der Waals surface area (Å²) in [7, 11) is 0. The number of amides is 3. The fourth-order valence-corrected chi connectivity index (χ4v) is 3.27. The molecule has 0 radical (unpaired) electrons. The highest BCUT2D eigenvalue weighted by Gasteiger charge is 2.30. The number of piperidine rings is 1. The molecule has 23 heavy (non-hydrogen) atoms. The molecule has 2 fully saturated rings. The molecule has 0 aliphatic carbocycles. The fraction of sp³-hybridized carbons (Fsp3) is 0.688. The SMILES string of the molecule is O=C(NCCc1ccon1)C1CCN(C(=O)N2CCCC2)CC1. The van der Waals surface area contributed by atoms with E-state index < -0.39 is 0 Å². The van der Waals surface area contributed by atoms with Crippen molar-refractivity contribution in [2.75, 3.05) is 32.7 Å². The second kappa shape index (κ2) is 7.48. The van der Waals surface area contributed by atoms with E-state index in [9.17, 15) is 9.59 Å². The van der Waals surface area contributed by atoms with Crippen molar-refractivity contribution in [2.45, 2.75) is 32.1 Å². The first kappa shape index (κ1) is 15.8. The van der Waals surface area contributed by atoms with Crippen molar-refractivity contribution in [1.29, 1.82) is 0 Å². The lowest BCUT2D eigenvalue weighted by Crippen LogP contribution is -2.47. The molecule has 2 saturated heterocycles. The average molecular weight is 320 g/mol. The maximum absolute atomic E-state index is 12.3. The van der Waals surface area contributed by atoms with Crippen molar-refractivity contribution in [3.05, 3.63) is 18.0 Å². The highest BCUT2D eigenvalue weighted by molar-refractivity contribution is 5.79. The van der Waals surface area contributed by atoms with Gasteiger partial charge < -0.3 is 19.6 Å². The Labute approximate surface area is 136 Å². The summed E-state index contributed by atoms with van der Waals surface area (Å²) in [5.41, 5.74) is 0.844. The van der Waals surface area contributed by atoms with Crippen LogP contribution in [0.5, 0.6) is 0 Å². The molecular formula is C16H24N4O3. The monoisotopic (exact) mass is 320 g/mol. The van der Waals surface area contributed by atoms with Crippen LogP contribution in [0.2, 0.25) is 0 Å². The largest absolute Gasteiger partial charge is 0.365 e. The van der Waals surface area contributed by atoms with Crippen LogP contribution in [0.3, 0.4) is 0 Å². The zero-order chi connectivity index (χ0) is 16.1. The summed E-state index contributed by atoms with van der Waals surface area (Å²) < 4.78 is 4.76. The molecule has 3 rings (SSSR count). The first-order valence-corrected chi connectivity index (χ1v) is 8.45. The number of carbonyl (C=O) groups excluding carboxylic acids is 2. The lowest BCUT2D eigenvalue weighted by Gasteiger charge is -2.34. The third kappa shape index (κ3) is 4.03. The Morgan fingerprint density at radius 2 is 1.87 bits per heavy atom. The summed E-state index contributed by atoms with van der Waals surface area (Å²) in [4.78, 5) is 28.3. The van der Waals surface area contributed by atoms with Crippen LogP contribution in [0.25, 0.3) is 0 Å². The zero-order valence-electron chi connectivity index (χ0n) is 13.4. The minimum atomic E-state index is 0.00920. The predicted molar refractivity (Wildman–Crippen MR) is 83.7 cm³/mol. The van der Waals surface area contributed by atoms with E-state index in [1.807, 2.05) is 9.80 Å². The predicted octanol–water partition coefficient (Wildman–Crippen LogP) is 1.26. The molecule has 1 N–H and O–H groups in total. The van der Waals surface area contributed by atoms with E-state index in [0.29, 0.717) is 26.1 Å². The van der Waals surface area contributed by atoms with Crippen molar-refractivity contribution < 1.29 is 14.1 Å². The highest BCUT2D eigenvalue weighted by Crippen LogP contribution is 2.20. The minimum absolute atomic E-state index is 0.00920. The number of rotatable bonds is 4. The first-order valence-electron chi connectivity index (χ1n) is 8.45. The molecule has 2 aliphatic heterocycles. The fourth-order valence-electron chi connectivity index (χ4n) is 3.27. The van der Waals surface area contributed by atoms with Crippen molar-refractivity contribution >= 4 is 11.9 Å². The second-order valence-corrected chi connectivity index (χ2v) is 6.27. The van der Waals surface area contributed by atoms with Crippen molar-refractivity contribution in [1.82, 2.24) is 20.3 Å². The van der Waals surface area contributed by atoms with Gasteiger partial charge in [0.1, 0.15) is 6.26 Å². The molecular weight excluding hydrogens is 296 g/mol. The van der Waals surface area contributed by atoms with Gasteiger partial charge in [0, 0.05) is 51.1 Å². The number of likely N-dealkylation sites (tertiary alicyclic amines) is 2. The van der Waals surface area contributed by atoms with Gasteiger partial charge in [-0.15, -0.1) is 0 Å². The Balaban J connectivity index is 1.37. The Morgan fingerprint density at radius 1 is 1.17 bits per heavy atom. The van der Waals surface area contributed by atoms with Gasteiger partial charge in [-0.3, -0.25) is 4.79 Å². The van der Waals surface area contributed by atoms with Crippen LogP contribution in [-0.2, 0) is 11.2 Å². The minimum Gasteiger partial charge on any atom is -0.365 e. The second-order valence-electron chi connectivity index (χ2n) is 6.27. The maximum atomic E-state index is 12.3. The molecule has 1 aromatic heterocycles. The number of aromatic nitrogens is 1. The molecule has 0 bridgehead atoms. The molecule has 126 valence electrons. The number of nitrogens with one attached hydrogen (secondary N) is 1. The smallest absolute Gasteiger partial charge is 0.319 e. The number of hydrogen-bond donors (Lipinski definition) is 1. The van der Waals surface area contributed by atoms with E-state index >= 15 is 0 Å². The molecule has 0 spiro atoms. The third-order valence-corrected chi connectivity index (χ3v) is 4.68. The van der Waals surface area contributed by atoms with Crippen LogP contribution >= 0.6 is 0 Å². The lowest BCUT2D eigenvalue weighted by atomic mass is 9.96. The molecule has 1 aromatic rings. The van der Waals surface area contributed by atoms with E-state index in [1.165, 1.54) is 6.26 Å². The Morgan fingerprint density at radius 3 is 2.52 bits per heavy atom. The first-order chi connectivity index (χ1) is 11.2. The standard InChI is InChI=1S/C16H24N4O3/c21-15(17-7-3-14-6-12-23-18-14)13-4-10-20(11-5-13)16(22)19-8-1-2-9-19/h6,12-13H,1-5,7-11H2,(H,17,21). The number of nitrogens with zero attached hydrogens (tertiary/aromatic N) is 3. The van der Waals surface area contributed by atoms with E-state index in [-0.39, 0.29) is 17.9 Å². The molecule has 0 atom stereocenters. The molecule has 7 heteroatoms. The topological polar surface area (TPSA) is 78.7 Å². The van der Waals surface area contributed by atoms with E-state index in [2.05, 4.69) is 10.5 Å². The molecule has 3 heterocycles. The van der Waals surface area contributed by atoms with Crippen LogP contribution in [0, 0.1) is 5.92 Å². The van der Waals surface area contributed by atoms with Crippen LogP contribution in [-0.4, -0.2) is 59.6 Å². The van der Waals surface area contributed by atoms with Crippen molar-refractivity contribution in [3.63, 3.8) is 0 Å². The number of urea groups is 1. The van der Waals surface area contributed by atoms with Gasteiger partial charge >= 0.3 is 6.03 Å². The summed E-state index contributed by atoms with van der Waals surface area (Å²) in [6.07, 6.45) is 5.91. The van der Waals surface area contributed by atoms with Gasteiger partial charge in [0.2, 0.25) is 5.91 Å². The molecule has 3 amide bonds. The molecule has 0 unspecified atom stereocenters. The number of hydrogen-bond acceptors (Lipinski definition) is 4. The Bertz CT molecular complexity index is 517. The van der Waals surface area contributed by atoms with Gasteiger partial charge in [0.15, 0.2) is 0 Å². The van der Waals surface area contributed by atoms with Crippen LogP contribution in [0.1, 0.15) is 31.4 Å². The zero-order valence-corrected chi connectivity index (χ0v) is 13.4. The van der Waals surface area contributed by atoms with Crippen LogP contribution in [0.15, 0.2) is 16.9 Å². The van der Waals surface area contributed by atoms with Gasteiger partial charge in [-0.25, -0.2) is 4.79 Å². The highest BCUT2D eigenvalue weighted by atomic mass is 16.5. The van der Waals surface area contributed by atoms with Gasteiger partial charge in [-0.2, -0.15) is 0 Å². The lowest BCUT2D eigenvalue weighted by molar-refractivity contribution is -0.126. The third-order valence-electron chi connectivity index (χ3n) is 4.68. The number of carbonyl (C=O) groups is 2. The molecule has 7 nitrogen and oxygen atoms in total. The molecule has 0 saturated carbocycles. The summed E-state index contributed by atoms with van der Waals surface area (Å²) in [5, 5.41) is 6.77. The van der Waals surface area contributed by atoms with Gasteiger partial charge in [-0.1, -0.05) is 5.16 Å². The Kier molecular flexibility index (Phi) is 5.15. The van der Waals surface area contributed by atoms with E-state index in [1.54, 1.807) is 6.07 Å². The van der Waals surface area contributed by atoms with Gasteiger partial charge in [-0.05, 0) is 25.7 Å². The van der Waals surface area contributed by atoms with E-state index in [4.69, 9.17) is 4.52 Å². The molecule has 2 aliphatic rings. The molecule has 0 aromatic carbocycles. The van der Waals surface area contributed by atoms with Gasteiger partial charge in [0.25, 0.3) is 0 Å². The van der Waals surface area contributed by atoms with Crippen molar-refractivity contribution in [3.8, 4) is 0 Å². The summed E-state index contributed by atoms with van der Waals surface area (Å²) >= 11 is 0. The summed E-state index contributed by atoms with van der Waals surface area (Å²) in [5.74, 6) is 0.0942. The average Bonchev–Trinajstić information content (AvgIpc) is 3.28. The summed E-state index contributed by atoms with van der Waals surface area (Å²) in [6.45, 7) is 3.67.